The van der Waals surface area contributed by atoms with Crippen LogP contribution >= 0.6 is 27.7 Å². The molecule has 0 fully saturated rings. The molecule has 10 heteroatoms. The van der Waals surface area contributed by atoms with E-state index in [1.807, 2.05) is 28.2 Å². The molecule has 4 aromatic heterocycles. The van der Waals surface area contributed by atoms with Gasteiger partial charge in [0.25, 0.3) is 5.82 Å². The summed E-state index contributed by atoms with van der Waals surface area (Å²) in [6.07, 6.45) is 0.447. The van der Waals surface area contributed by atoms with Crippen molar-refractivity contribution in [1.82, 2.24) is 19.4 Å². The van der Waals surface area contributed by atoms with Gasteiger partial charge in [-0.2, -0.15) is 13.2 Å². The van der Waals surface area contributed by atoms with Gasteiger partial charge in [-0.1, -0.05) is 6.92 Å². The lowest BCUT2D eigenvalue weighted by molar-refractivity contribution is -0.633. The molecule has 0 unspecified atom stereocenters. The van der Waals surface area contributed by atoms with Gasteiger partial charge in [-0.25, -0.2) is 19.5 Å². The lowest BCUT2D eigenvalue weighted by Gasteiger charge is -2.07. The Morgan fingerprint density at radius 2 is 2.04 bits per heavy atom. The zero-order valence-corrected chi connectivity index (χ0v) is 16.7. The number of thioether (sulfide) groups is 1. The Labute approximate surface area is 164 Å². The van der Waals surface area contributed by atoms with Crippen LogP contribution in [0, 0.1) is 0 Å². The maximum atomic E-state index is 13.0. The van der Waals surface area contributed by atoms with E-state index in [1.54, 1.807) is 25.0 Å². The molecule has 0 spiro atoms. The van der Waals surface area contributed by atoms with Crippen molar-refractivity contribution in [2.75, 3.05) is 5.75 Å². The van der Waals surface area contributed by atoms with Crippen molar-refractivity contribution >= 4 is 44.4 Å². The number of rotatable bonds is 3. The first-order chi connectivity index (χ1) is 12.8. The summed E-state index contributed by atoms with van der Waals surface area (Å²) in [4.78, 5) is 12.0. The maximum absolute atomic E-state index is 13.0. The van der Waals surface area contributed by atoms with E-state index < -0.39 is 11.9 Å². The number of aromatic amines is 1. The van der Waals surface area contributed by atoms with Crippen molar-refractivity contribution in [3.05, 3.63) is 41.0 Å². The number of hydrogen-bond donors (Lipinski definition) is 1. The fourth-order valence-electron chi connectivity index (χ4n) is 2.98. The number of nitrogens with one attached hydrogen (secondary N) is 1. The van der Waals surface area contributed by atoms with Crippen LogP contribution in [0.3, 0.4) is 0 Å². The van der Waals surface area contributed by atoms with Crippen LogP contribution in [0.25, 0.3) is 28.1 Å². The first kappa shape index (κ1) is 18.3. The molecule has 4 aromatic rings. The second-order valence-electron chi connectivity index (χ2n) is 5.91. The van der Waals surface area contributed by atoms with E-state index in [-0.39, 0.29) is 0 Å². The largest absolute Gasteiger partial charge is 0.433 e. The molecule has 0 amide bonds. The molecule has 27 heavy (non-hydrogen) atoms. The fraction of sp³-hybridized carbons (Fsp3) is 0.235. The highest BCUT2D eigenvalue weighted by Crippen LogP contribution is 2.33. The van der Waals surface area contributed by atoms with Gasteiger partial charge in [0.1, 0.15) is 15.9 Å². The number of aromatic nitrogens is 5. The minimum absolute atomic E-state index is 0.381. The maximum Gasteiger partial charge on any atom is 0.433 e. The van der Waals surface area contributed by atoms with E-state index in [4.69, 9.17) is 0 Å². The standard InChI is InChI=1S/C17H13BrF3N5S/c1-3-27-12-8-26-14(18)7-23-15(26)4-9(12)16-24-10-5-13(17(19,20)21)22-6-11(10)25(16)2/h4-8H,3H2,1-2H3/p+1. The molecule has 140 valence electrons. The van der Waals surface area contributed by atoms with Crippen LogP contribution in [0.5, 0.6) is 0 Å². The smallest absolute Gasteiger partial charge is 0.293 e. The van der Waals surface area contributed by atoms with E-state index in [0.29, 0.717) is 16.9 Å². The molecule has 0 bridgehead atoms. The van der Waals surface area contributed by atoms with Crippen molar-refractivity contribution in [3.63, 3.8) is 0 Å². The molecule has 0 saturated carbocycles. The SMILES string of the molecule is CCSc1cn2c(Br)cnc2cc1-c1[nH]c2cc(C(F)(F)F)ncc2[n+]1C. The molecule has 4 rings (SSSR count). The van der Waals surface area contributed by atoms with Crippen LogP contribution in [-0.4, -0.2) is 25.1 Å². The number of H-pyrrole nitrogens is 1. The predicted molar refractivity (Wildman–Crippen MR) is 101 cm³/mol. The van der Waals surface area contributed by atoms with Gasteiger partial charge >= 0.3 is 6.18 Å². The first-order valence-electron chi connectivity index (χ1n) is 8.04. The van der Waals surface area contributed by atoms with Gasteiger partial charge in [0.15, 0.2) is 11.0 Å². The number of alkyl halides is 3. The Kier molecular flexibility index (Phi) is 4.42. The first-order valence-corrected chi connectivity index (χ1v) is 9.82. The third kappa shape index (κ3) is 3.10. The van der Waals surface area contributed by atoms with E-state index in [1.165, 1.54) is 6.20 Å². The highest BCUT2D eigenvalue weighted by Gasteiger charge is 2.34. The number of imidazole rings is 2. The van der Waals surface area contributed by atoms with Crippen LogP contribution < -0.4 is 4.57 Å². The summed E-state index contributed by atoms with van der Waals surface area (Å²) in [6, 6.07) is 2.96. The zero-order valence-electron chi connectivity index (χ0n) is 14.3. The van der Waals surface area contributed by atoms with Gasteiger partial charge in [0, 0.05) is 17.2 Å². The predicted octanol–water partition coefficient (Wildman–Crippen LogP) is 4.60. The number of fused-ring (bicyclic) bond motifs is 2. The molecule has 4 heterocycles. The van der Waals surface area contributed by atoms with Crippen molar-refractivity contribution in [2.45, 2.75) is 18.0 Å². The Bertz CT molecular complexity index is 1160. The van der Waals surface area contributed by atoms with Crippen molar-refractivity contribution in [3.8, 4) is 11.4 Å². The Balaban J connectivity index is 1.95. The van der Waals surface area contributed by atoms with Gasteiger partial charge in [-0.05, 0) is 27.7 Å². The number of halogens is 4. The highest BCUT2D eigenvalue weighted by molar-refractivity contribution is 9.10. The Morgan fingerprint density at radius 1 is 1.26 bits per heavy atom. The highest BCUT2D eigenvalue weighted by atomic mass is 79.9. The molecular formula is C17H14BrF3N5S+. The molecule has 0 aliphatic carbocycles. The van der Waals surface area contributed by atoms with Crippen LogP contribution in [0.15, 0.2) is 40.2 Å². The monoisotopic (exact) mass is 456 g/mol. The average molecular weight is 457 g/mol. The zero-order chi connectivity index (χ0) is 19.3. The summed E-state index contributed by atoms with van der Waals surface area (Å²) in [5, 5.41) is 0. The van der Waals surface area contributed by atoms with Gasteiger partial charge < -0.3 is 0 Å². The second kappa shape index (κ2) is 6.52. The minimum Gasteiger partial charge on any atom is -0.293 e. The summed E-state index contributed by atoms with van der Waals surface area (Å²) in [5.74, 6) is 1.55. The van der Waals surface area contributed by atoms with Crippen LogP contribution in [0.2, 0.25) is 0 Å². The fourth-order valence-corrected chi connectivity index (χ4v) is 4.17. The van der Waals surface area contributed by atoms with Crippen molar-refractivity contribution < 1.29 is 17.7 Å². The third-order valence-corrected chi connectivity index (χ3v) is 5.76. The summed E-state index contributed by atoms with van der Waals surface area (Å²) < 4.78 is 43.5. The lowest BCUT2D eigenvalue weighted by Crippen LogP contribution is -2.29. The molecule has 0 atom stereocenters. The summed E-state index contributed by atoms with van der Waals surface area (Å²) in [6.45, 7) is 2.05. The van der Waals surface area contributed by atoms with E-state index in [0.717, 1.165) is 32.5 Å². The number of hydrogen-bond acceptors (Lipinski definition) is 3. The normalized spacial score (nSPS) is 12.4. The summed E-state index contributed by atoms with van der Waals surface area (Å²) in [7, 11) is 1.80. The van der Waals surface area contributed by atoms with Crippen molar-refractivity contribution in [1.29, 1.82) is 0 Å². The molecule has 0 aliphatic rings. The van der Waals surface area contributed by atoms with Crippen LogP contribution in [0.1, 0.15) is 12.6 Å². The molecule has 0 radical (unpaired) electrons. The average Bonchev–Trinajstić information content (AvgIpc) is 3.14. The molecular weight excluding hydrogens is 443 g/mol. The minimum atomic E-state index is -4.48. The molecule has 1 N–H and O–H groups in total. The topological polar surface area (TPSA) is 49.9 Å². The molecule has 0 saturated heterocycles. The molecule has 0 aliphatic heterocycles. The third-order valence-electron chi connectivity index (χ3n) is 4.24. The number of aryl methyl sites for hydroxylation is 1. The van der Waals surface area contributed by atoms with E-state index in [2.05, 4.69) is 30.9 Å². The summed E-state index contributed by atoms with van der Waals surface area (Å²) >= 11 is 5.12. The quantitative estimate of drug-likeness (QED) is 0.362. The summed E-state index contributed by atoms with van der Waals surface area (Å²) in [5.41, 5.74) is 1.67. The van der Waals surface area contributed by atoms with E-state index >= 15 is 0 Å². The van der Waals surface area contributed by atoms with Crippen LogP contribution in [-0.2, 0) is 13.2 Å². The molecule has 0 aromatic carbocycles. The second-order valence-corrected chi connectivity index (χ2v) is 8.03. The van der Waals surface area contributed by atoms with Gasteiger partial charge in [0.05, 0.1) is 25.0 Å². The van der Waals surface area contributed by atoms with Gasteiger partial charge in [0.2, 0.25) is 0 Å². The molecule has 5 nitrogen and oxygen atoms in total. The van der Waals surface area contributed by atoms with Gasteiger partial charge in [-0.3, -0.25) is 4.40 Å². The van der Waals surface area contributed by atoms with Gasteiger partial charge in [-0.15, -0.1) is 11.8 Å². The Morgan fingerprint density at radius 3 is 2.74 bits per heavy atom. The number of nitrogens with zero attached hydrogens (tertiary/aromatic N) is 4. The lowest BCUT2D eigenvalue weighted by atomic mass is 10.2. The Hall–Kier alpha value is -2.07. The van der Waals surface area contributed by atoms with Crippen molar-refractivity contribution in [2.24, 2.45) is 7.05 Å². The van der Waals surface area contributed by atoms with Crippen LogP contribution in [0.4, 0.5) is 13.2 Å². The number of pyridine rings is 2. The van der Waals surface area contributed by atoms with E-state index in [9.17, 15) is 13.2 Å².